The zero-order valence-corrected chi connectivity index (χ0v) is 11.1. The molecule has 3 nitrogen and oxygen atoms in total. The van der Waals surface area contributed by atoms with Crippen molar-refractivity contribution >= 4 is 5.97 Å². The van der Waals surface area contributed by atoms with Gasteiger partial charge in [0.05, 0.1) is 0 Å². The summed E-state index contributed by atoms with van der Waals surface area (Å²) in [6, 6.07) is 8.18. The van der Waals surface area contributed by atoms with Crippen LogP contribution in [-0.2, 0) is 11.3 Å². The van der Waals surface area contributed by atoms with Crippen molar-refractivity contribution < 1.29 is 9.90 Å². The van der Waals surface area contributed by atoms with E-state index < -0.39 is 11.5 Å². The van der Waals surface area contributed by atoms with Crippen LogP contribution in [-0.4, -0.2) is 28.6 Å². The predicted octanol–water partition coefficient (Wildman–Crippen LogP) is 2.82. The Morgan fingerprint density at radius 2 is 1.94 bits per heavy atom. The number of rotatable bonds is 4. The summed E-state index contributed by atoms with van der Waals surface area (Å²) in [7, 11) is 1.94. The number of carbonyl (C=O) groups is 1. The molecule has 0 amide bonds. The maximum absolute atomic E-state index is 11.6. The molecule has 0 saturated heterocycles. The van der Waals surface area contributed by atoms with Gasteiger partial charge in [0.2, 0.25) is 0 Å². The molecule has 98 valence electrons. The molecule has 1 fully saturated rings. The van der Waals surface area contributed by atoms with Gasteiger partial charge in [-0.05, 0) is 37.9 Å². The highest BCUT2D eigenvalue weighted by Crippen LogP contribution is 2.35. The molecule has 0 aromatic heterocycles. The van der Waals surface area contributed by atoms with E-state index in [1.807, 2.05) is 24.1 Å². The van der Waals surface area contributed by atoms with Gasteiger partial charge in [-0.15, -0.1) is 0 Å². The highest BCUT2D eigenvalue weighted by molar-refractivity contribution is 5.79. The van der Waals surface area contributed by atoms with Crippen molar-refractivity contribution in [1.82, 2.24) is 4.90 Å². The molecule has 0 spiro atoms. The standard InChI is InChI=1S/C15H21NO2/c1-12-7-3-4-8-13(12)11-16(2)15(14(17)18)9-5-6-10-15/h3-4,7-8H,5-6,9-11H2,1-2H3,(H,17,18). The quantitative estimate of drug-likeness (QED) is 0.889. The summed E-state index contributed by atoms with van der Waals surface area (Å²) < 4.78 is 0. The fourth-order valence-electron chi connectivity index (χ4n) is 2.91. The van der Waals surface area contributed by atoms with E-state index in [0.29, 0.717) is 6.54 Å². The monoisotopic (exact) mass is 247 g/mol. The van der Waals surface area contributed by atoms with Crippen LogP contribution in [0.2, 0.25) is 0 Å². The van der Waals surface area contributed by atoms with Gasteiger partial charge in [0.15, 0.2) is 0 Å². The molecule has 0 heterocycles. The normalized spacial score (nSPS) is 18.2. The number of aliphatic carboxylic acids is 1. The van der Waals surface area contributed by atoms with Crippen LogP contribution < -0.4 is 0 Å². The van der Waals surface area contributed by atoms with Gasteiger partial charge in [-0.2, -0.15) is 0 Å². The van der Waals surface area contributed by atoms with Gasteiger partial charge in [-0.25, -0.2) is 0 Å². The summed E-state index contributed by atoms with van der Waals surface area (Å²) in [6.45, 7) is 2.78. The lowest BCUT2D eigenvalue weighted by Crippen LogP contribution is -2.50. The van der Waals surface area contributed by atoms with E-state index in [1.165, 1.54) is 11.1 Å². The van der Waals surface area contributed by atoms with Crippen LogP contribution in [0.4, 0.5) is 0 Å². The molecule has 1 aliphatic rings. The van der Waals surface area contributed by atoms with Crippen LogP contribution in [0.25, 0.3) is 0 Å². The lowest BCUT2D eigenvalue weighted by molar-refractivity contribution is -0.150. The van der Waals surface area contributed by atoms with E-state index in [-0.39, 0.29) is 0 Å². The SMILES string of the molecule is Cc1ccccc1CN(C)C1(C(=O)O)CCCC1. The number of nitrogens with zero attached hydrogens (tertiary/aromatic N) is 1. The Morgan fingerprint density at radius 3 is 2.50 bits per heavy atom. The first-order valence-electron chi connectivity index (χ1n) is 6.55. The predicted molar refractivity (Wildman–Crippen MR) is 71.5 cm³/mol. The van der Waals surface area contributed by atoms with Crippen LogP contribution >= 0.6 is 0 Å². The molecule has 3 heteroatoms. The molecule has 18 heavy (non-hydrogen) atoms. The number of likely N-dealkylation sites (N-methyl/N-ethyl adjacent to an activating group) is 1. The van der Waals surface area contributed by atoms with E-state index >= 15 is 0 Å². The van der Waals surface area contributed by atoms with Crippen molar-refractivity contribution in [2.75, 3.05) is 7.05 Å². The Kier molecular flexibility index (Phi) is 3.71. The van der Waals surface area contributed by atoms with Crippen molar-refractivity contribution in [3.8, 4) is 0 Å². The third kappa shape index (κ3) is 2.27. The molecule has 0 unspecified atom stereocenters. The smallest absolute Gasteiger partial charge is 0.324 e. The van der Waals surface area contributed by atoms with Gasteiger partial charge in [-0.3, -0.25) is 9.69 Å². The zero-order chi connectivity index (χ0) is 13.2. The molecule has 0 atom stereocenters. The Morgan fingerprint density at radius 1 is 1.33 bits per heavy atom. The van der Waals surface area contributed by atoms with Crippen molar-refractivity contribution in [3.63, 3.8) is 0 Å². The van der Waals surface area contributed by atoms with Crippen molar-refractivity contribution in [2.24, 2.45) is 0 Å². The molecule has 0 aliphatic heterocycles. The van der Waals surface area contributed by atoms with E-state index in [4.69, 9.17) is 0 Å². The average molecular weight is 247 g/mol. The summed E-state index contributed by atoms with van der Waals surface area (Å²) >= 11 is 0. The maximum atomic E-state index is 11.6. The summed E-state index contributed by atoms with van der Waals surface area (Å²) in [5.74, 6) is -0.670. The largest absolute Gasteiger partial charge is 0.480 e. The molecule has 0 bridgehead atoms. The van der Waals surface area contributed by atoms with E-state index in [1.54, 1.807) is 0 Å². The first kappa shape index (κ1) is 13.1. The summed E-state index contributed by atoms with van der Waals surface area (Å²) in [6.07, 6.45) is 3.57. The maximum Gasteiger partial charge on any atom is 0.324 e. The van der Waals surface area contributed by atoms with Crippen LogP contribution in [0.5, 0.6) is 0 Å². The zero-order valence-electron chi connectivity index (χ0n) is 11.1. The van der Waals surface area contributed by atoms with Crippen LogP contribution in [0.15, 0.2) is 24.3 Å². The highest BCUT2D eigenvalue weighted by Gasteiger charge is 2.44. The molecule has 0 radical (unpaired) electrons. The molecule has 1 aromatic carbocycles. The van der Waals surface area contributed by atoms with Gasteiger partial charge >= 0.3 is 5.97 Å². The fourth-order valence-corrected chi connectivity index (χ4v) is 2.91. The minimum atomic E-state index is -0.670. The minimum Gasteiger partial charge on any atom is -0.480 e. The van der Waals surface area contributed by atoms with E-state index in [0.717, 1.165) is 25.7 Å². The Balaban J connectivity index is 2.18. The second-order valence-corrected chi connectivity index (χ2v) is 5.33. The topological polar surface area (TPSA) is 40.5 Å². The van der Waals surface area contributed by atoms with Gasteiger partial charge in [0, 0.05) is 6.54 Å². The summed E-state index contributed by atoms with van der Waals surface area (Å²) in [4.78, 5) is 13.6. The van der Waals surface area contributed by atoms with Gasteiger partial charge in [0.25, 0.3) is 0 Å². The molecule has 1 saturated carbocycles. The Bertz CT molecular complexity index is 436. The minimum absolute atomic E-state index is 0.651. The van der Waals surface area contributed by atoms with Crippen LogP contribution in [0.1, 0.15) is 36.8 Å². The molecule has 1 aromatic rings. The third-order valence-corrected chi connectivity index (χ3v) is 4.23. The molecular weight excluding hydrogens is 226 g/mol. The van der Waals surface area contributed by atoms with Gasteiger partial charge in [-0.1, -0.05) is 37.1 Å². The van der Waals surface area contributed by atoms with Crippen LogP contribution in [0, 0.1) is 6.92 Å². The second-order valence-electron chi connectivity index (χ2n) is 5.33. The first-order valence-corrected chi connectivity index (χ1v) is 6.55. The van der Waals surface area contributed by atoms with Gasteiger partial charge in [0.1, 0.15) is 5.54 Å². The lowest BCUT2D eigenvalue weighted by Gasteiger charge is -2.35. The second kappa shape index (κ2) is 5.11. The number of aryl methyl sites for hydroxylation is 1. The number of hydrogen-bond acceptors (Lipinski definition) is 2. The van der Waals surface area contributed by atoms with Gasteiger partial charge < -0.3 is 5.11 Å². The van der Waals surface area contributed by atoms with E-state index in [9.17, 15) is 9.90 Å². The lowest BCUT2D eigenvalue weighted by atomic mass is 9.94. The summed E-state index contributed by atoms with van der Waals surface area (Å²) in [5, 5.41) is 9.54. The summed E-state index contributed by atoms with van der Waals surface area (Å²) in [5.41, 5.74) is 1.79. The molecule has 2 rings (SSSR count). The van der Waals surface area contributed by atoms with E-state index in [2.05, 4.69) is 19.1 Å². The first-order chi connectivity index (χ1) is 8.56. The Labute approximate surface area is 108 Å². The molecule has 1 N–H and O–H groups in total. The molecule has 1 aliphatic carbocycles. The fraction of sp³-hybridized carbons (Fsp3) is 0.533. The van der Waals surface area contributed by atoms with Crippen molar-refractivity contribution in [3.05, 3.63) is 35.4 Å². The average Bonchev–Trinajstić information content (AvgIpc) is 2.82. The highest BCUT2D eigenvalue weighted by atomic mass is 16.4. The third-order valence-electron chi connectivity index (χ3n) is 4.23. The number of hydrogen-bond donors (Lipinski definition) is 1. The number of carboxylic acids is 1. The Hall–Kier alpha value is -1.35. The molecular formula is C15H21NO2. The number of benzene rings is 1. The van der Waals surface area contributed by atoms with Crippen molar-refractivity contribution in [1.29, 1.82) is 0 Å². The van der Waals surface area contributed by atoms with Crippen LogP contribution in [0.3, 0.4) is 0 Å². The van der Waals surface area contributed by atoms with Crippen molar-refractivity contribution in [2.45, 2.75) is 44.7 Å². The number of carboxylic acid groups (broad SMARTS) is 1.